The van der Waals surface area contributed by atoms with Crippen molar-refractivity contribution in [3.05, 3.63) is 24.0 Å². The largest absolute Gasteiger partial charge is 0.397 e. The quantitative estimate of drug-likeness (QED) is 0.648. The van der Waals surface area contributed by atoms with Crippen LogP contribution in [0.5, 0.6) is 0 Å². The summed E-state index contributed by atoms with van der Waals surface area (Å²) in [6.45, 7) is 1.96. The van der Waals surface area contributed by atoms with E-state index in [-0.39, 0.29) is 6.04 Å². The topological polar surface area (TPSA) is 64.9 Å². The average molecular weight is 151 g/mol. The highest BCUT2D eigenvalue weighted by Crippen LogP contribution is 2.02. The predicted molar refractivity (Wildman–Crippen MR) is 46.0 cm³/mol. The molecule has 1 heterocycles. The highest BCUT2D eigenvalue weighted by Gasteiger charge is 1.97. The van der Waals surface area contributed by atoms with Crippen LogP contribution in [0.1, 0.15) is 12.6 Å². The summed E-state index contributed by atoms with van der Waals surface area (Å²) in [5, 5.41) is 0. The van der Waals surface area contributed by atoms with Crippen LogP contribution in [-0.2, 0) is 6.42 Å². The van der Waals surface area contributed by atoms with E-state index < -0.39 is 0 Å². The fourth-order valence-corrected chi connectivity index (χ4v) is 0.887. The Morgan fingerprint density at radius 2 is 2.27 bits per heavy atom. The molecule has 0 aliphatic rings. The second-order valence-corrected chi connectivity index (χ2v) is 2.76. The summed E-state index contributed by atoms with van der Waals surface area (Å²) in [5.74, 6) is 0. The Labute approximate surface area is 66.4 Å². The number of aromatic nitrogens is 1. The molecule has 0 spiro atoms. The summed E-state index contributed by atoms with van der Waals surface area (Å²) < 4.78 is 0. The highest BCUT2D eigenvalue weighted by atomic mass is 14.7. The lowest BCUT2D eigenvalue weighted by atomic mass is 10.2. The van der Waals surface area contributed by atoms with Crippen molar-refractivity contribution >= 4 is 5.69 Å². The molecule has 0 saturated carbocycles. The maximum atomic E-state index is 5.59. The third-order valence-electron chi connectivity index (χ3n) is 1.38. The molecule has 1 rings (SSSR count). The van der Waals surface area contributed by atoms with Gasteiger partial charge in [0, 0.05) is 18.2 Å². The fourth-order valence-electron chi connectivity index (χ4n) is 0.887. The van der Waals surface area contributed by atoms with Gasteiger partial charge in [0.25, 0.3) is 0 Å². The van der Waals surface area contributed by atoms with Crippen LogP contribution in [0.15, 0.2) is 18.3 Å². The Morgan fingerprint density at radius 1 is 1.55 bits per heavy atom. The molecule has 3 heteroatoms. The SMILES string of the molecule is CC(N)Cc1ccc(N)cn1. The first-order valence-electron chi connectivity index (χ1n) is 3.64. The molecule has 3 nitrogen and oxygen atoms in total. The molecule has 60 valence electrons. The van der Waals surface area contributed by atoms with Gasteiger partial charge in [-0.3, -0.25) is 4.98 Å². The van der Waals surface area contributed by atoms with Crippen LogP contribution >= 0.6 is 0 Å². The third kappa shape index (κ3) is 2.55. The van der Waals surface area contributed by atoms with Crippen LogP contribution in [-0.4, -0.2) is 11.0 Å². The highest BCUT2D eigenvalue weighted by molar-refractivity contribution is 5.34. The minimum Gasteiger partial charge on any atom is -0.397 e. The Balaban J connectivity index is 2.66. The summed E-state index contributed by atoms with van der Waals surface area (Å²) in [5.41, 5.74) is 12.7. The molecule has 0 amide bonds. The minimum atomic E-state index is 0.158. The number of rotatable bonds is 2. The van der Waals surface area contributed by atoms with Crippen molar-refractivity contribution in [3.8, 4) is 0 Å². The van der Waals surface area contributed by atoms with Crippen LogP contribution in [0.3, 0.4) is 0 Å². The van der Waals surface area contributed by atoms with Crippen molar-refractivity contribution < 1.29 is 0 Å². The van der Waals surface area contributed by atoms with Crippen LogP contribution in [0.4, 0.5) is 5.69 Å². The Kier molecular flexibility index (Phi) is 2.44. The lowest BCUT2D eigenvalue weighted by Gasteiger charge is -2.03. The third-order valence-corrected chi connectivity index (χ3v) is 1.38. The number of nitrogens with two attached hydrogens (primary N) is 2. The number of anilines is 1. The van der Waals surface area contributed by atoms with Gasteiger partial charge in [0.1, 0.15) is 0 Å². The van der Waals surface area contributed by atoms with Gasteiger partial charge in [-0.15, -0.1) is 0 Å². The van der Waals surface area contributed by atoms with Crippen molar-refractivity contribution in [3.63, 3.8) is 0 Å². The molecular weight excluding hydrogens is 138 g/mol. The van der Waals surface area contributed by atoms with E-state index in [4.69, 9.17) is 11.5 Å². The normalized spacial score (nSPS) is 12.9. The lowest BCUT2D eigenvalue weighted by molar-refractivity contribution is 0.722. The molecule has 1 aromatic rings. The molecule has 0 aliphatic carbocycles. The van der Waals surface area contributed by atoms with Crippen molar-refractivity contribution in [1.29, 1.82) is 0 Å². The maximum absolute atomic E-state index is 5.59. The summed E-state index contributed by atoms with van der Waals surface area (Å²) in [6, 6.07) is 3.90. The van der Waals surface area contributed by atoms with Crippen molar-refractivity contribution in [2.24, 2.45) is 5.73 Å². The summed E-state index contributed by atoms with van der Waals surface area (Å²) in [4.78, 5) is 4.11. The Hall–Kier alpha value is -1.09. The zero-order valence-corrected chi connectivity index (χ0v) is 6.62. The van der Waals surface area contributed by atoms with E-state index >= 15 is 0 Å². The molecule has 0 bridgehead atoms. The van der Waals surface area contributed by atoms with Crippen LogP contribution in [0.2, 0.25) is 0 Å². The van der Waals surface area contributed by atoms with Gasteiger partial charge in [0.15, 0.2) is 0 Å². The molecule has 0 aliphatic heterocycles. The molecule has 11 heavy (non-hydrogen) atoms. The van der Waals surface area contributed by atoms with Crippen LogP contribution in [0, 0.1) is 0 Å². The van der Waals surface area contributed by atoms with Crippen molar-refractivity contribution in [1.82, 2.24) is 4.98 Å². The minimum absolute atomic E-state index is 0.158. The number of pyridine rings is 1. The van der Waals surface area contributed by atoms with E-state index in [1.54, 1.807) is 6.20 Å². The van der Waals surface area contributed by atoms with Gasteiger partial charge < -0.3 is 11.5 Å². The van der Waals surface area contributed by atoms with E-state index in [9.17, 15) is 0 Å². The second kappa shape index (κ2) is 3.34. The zero-order valence-electron chi connectivity index (χ0n) is 6.62. The number of nitrogen functional groups attached to an aromatic ring is 1. The van der Waals surface area contributed by atoms with E-state index in [0.717, 1.165) is 12.1 Å². The molecule has 0 fully saturated rings. The summed E-state index contributed by atoms with van der Waals surface area (Å²) >= 11 is 0. The zero-order chi connectivity index (χ0) is 8.27. The van der Waals surface area contributed by atoms with Gasteiger partial charge in [-0.25, -0.2) is 0 Å². The molecule has 0 radical (unpaired) electrons. The predicted octanol–water partition coefficient (Wildman–Crippen LogP) is 0.553. The van der Waals surface area contributed by atoms with Gasteiger partial charge in [-0.2, -0.15) is 0 Å². The van der Waals surface area contributed by atoms with Crippen molar-refractivity contribution in [2.75, 3.05) is 5.73 Å². The first kappa shape index (κ1) is 8.01. The van der Waals surface area contributed by atoms with Gasteiger partial charge in [-0.05, 0) is 19.1 Å². The number of nitrogens with zero attached hydrogens (tertiary/aromatic N) is 1. The van der Waals surface area contributed by atoms with Crippen LogP contribution in [0.25, 0.3) is 0 Å². The average Bonchev–Trinajstić information content (AvgIpc) is 1.93. The Bertz CT molecular complexity index is 215. The summed E-state index contributed by atoms with van der Waals surface area (Å²) in [7, 11) is 0. The Morgan fingerprint density at radius 3 is 2.73 bits per heavy atom. The standard InChI is InChI=1S/C8H13N3/c1-6(9)4-8-3-2-7(10)5-11-8/h2-3,5-6H,4,9-10H2,1H3. The molecule has 1 unspecified atom stereocenters. The van der Waals surface area contributed by atoms with E-state index in [1.807, 2.05) is 19.1 Å². The molecule has 1 atom stereocenters. The van der Waals surface area contributed by atoms with Crippen molar-refractivity contribution in [2.45, 2.75) is 19.4 Å². The number of hydrogen-bond donors (Lipinski definition) is 2. The molecule has 4 N–H and O–H groups in total. The molecule has 0 aromatic carbocycles. The first-order chi connectivity index (χ1) is 5.18. The van der Waals surface area contributed by atoms with Gasteiger partial charge in [0.05, 0.1) is 11.9 Å². The van der Waals surface area contributed by atoms with Gasteiger partial charge >= 0.3 is 0 Å². The molecule has 0 saturated heterocycles. The maximum Gasteiger partial charge on any atom is 0.0501 e. The monoisotopic (exact) mass is 151 g/mol. The smallest absolute Gasteiger partial charge is 0.0501 e. The van der Waals surface area contributed by atoms with Gasteiger partial charge in [0.2, 0.25) is 0 Å². The summed E-state index contributed by atoms with van der Waals surface area (Å²) in [6.07, 6.45) is 2.46. The lowest BCUT2D eigenvalue weighted by Crippen LogP contribution is -2.18. The fraction of sp³-hybridized carbons (Fsp3) is 0.375. The van der Waals surface area contributed by atoms with Crippen LogP contribution < -0.4 is 11.5 Å². The molecule has 1 aromatic heterocycles. The van der Waals surface area contributed by atoms with Gasteiger partial charge in [-0.1, -0.05) is 0 Å². The second-order valence-electron chi connectivity index (χ2n) is 2.76. The number of hydrogen-bond acceptors (Lipinski definition) is 3. The van der Waals surface area contributed by atoms with E-state index in [0.29, 0.717) is 5.69 Å². The molecular formula is C8H13N3. The first-order valence-corrected chi connectivity index (χ1v) is 3.64. The van der Waals surface area contributed by atoms with E-state index in [1.165, 1.54) is 0 Å². The van der Waals surface area contributed by atoms with E-state index in [2.05, 4.69) is 4.98 Å².